The molecule has 0 radical (unpaired) electrons. The van der Waals surface area contributed by atoms with Crippen molar-refractivity contribution in [2.24, 2.45) is 11.7 Å². The molecule has 1 fully saturated rings. The average Bonchev–Trinajstić information content (AvgIpc) is 2.82. The van der Waals surface area contributed by atoms with Crippen molar-refractivity contribution in [3.05, 3.63) is 35.9 Å². The summed E-state index contributed by atoms with van der Waals surface area (Å²) >= 11 is 0. The number of benzene rings is 1. The minimum Gasteiger partial charge on any atom is -0.465 e. The van der Waals surface area contributed by atoms with Crippen LogP contribution >= 0.6 is 0 Å². The third kappa shape index (κ3) is 9.89. The number of esters is 1. The van der Waals surface area contributed by atoms with Gasteiger partial charge in [0.1, 0.15) is 6.54 Å². The lowest BCUT2D eigenvalue weighted by Gasteiger charge is -2.27. The molecule has 1 aromatic carbocycles. The Bertz CT molecular complexity index is 739. The molecular weight excluding hydrogens is 426 g/mol. The van der Waals surface area contributed by atoms with Gasteiger partial charge >= 0.3 is 5.97 Å². The van der Waals surface area contributed by atoms with E-state index < -0.39 is 36.0 Å². The molecule has 33 heavy (non-hydrogen) atoms. The second kappa shape index (κ2) is 14.6. The quantitative estimate of drug-likeness (QED) is 0.320. The molecular formula is C24H37N3O6. The third-order valence-corrected chi connectivity index (χ3v) is 5.75. The van der Waals surface area contributed by atoms with E-state index in [9.17, 15) is 19.5 Å². The van der Waals surface area contributed by atoms with Gasteiger partial charge < -0.3 is 30.9 Å². The van der Waals surface area contributed by atoms with Crippen molar-refractivity contribution in [2.75, 3.05) is 19.8 Å². The van der Waals surface area contributed by atoms with Crippen LogP contribution < -0.4 is 16.4 Å². The van der Waals surface area contributed by atoms with E-state index in [4.69, 9.17) is 15.2 Å². The molecule has 2 rings (SSSR count). The number of carbonyl (C=O) groups excluding carboxylic acids is 3. The van der Waals surface area contributed by atoms with E-state index in [1.54, 1.807) is 6.92 Å². The summed E-state index contributed by atoms with van der Waals surface area (Å²) < 4.78 is 10.4. The van der Waals surface area contributed by atoms with Crippen LogP contribution in [0.3, 0.4) is 0 Å². The molecule has 1 unspecified atom stereocenters. The van der Waals surface area contributed by atoms with E-state index >= 15 is 0 Å². The van der Waals surface area contributed by atoms with Crippen molar-refractivity contribution >= 4 is 17.8 Å². The topological polar surface area (TPSA) is 140 Å². The number of nitrogens with two attached hydrogens (primary N) is 1. The summed E-state index contributed by atoms with van der Waals surface area (Å²) in [5.74, 6) is -1.46. The Morgan fingerprint density at radius 2 is 1.82 bits per heavy atom. The lowest BCUT2D eigenvalue weighted by Crippen LogP contribution is -2.56. The van der Waals surface area contributed by atoms with E-state index in [0.717, 1.165) is 31.2 Å². The Balaban J connectivity index is 1.94. The highest BCUT2D eigenvalue weighted by Gasteiger charge is 2.30. The minimum absolute atomic E-state index is 0.106. The number of aliphatic hydroxyl groups is 1. The molecule has 5 N–H and O–H groups in total. The van der Waals surface area contributed by atoms with Crippen molar-refractivity contribution in [1.82, 2.24) is 10.6 Å². The number of hydrogen-bond acceptors (Lipinski definition) is 7. The van der Waals surface area contributed by atoms with Crippen molar-refractivity contribution < 1.29 is 29.0 Å². The molecule has 184 valence electrons. The molecule has 1 saturated carbocycles. The molecule has 0 spiro atoms. The number of nitrogens with one attached hydrogen (secondary N) is 2. The van der Waals surface area contributed by atoms with Crippen LogP contribution in [0.5, 0.6) is 0 Å². The molecule has 0 bridgehead atoms. The van der Waals surface area contributed by atoms with Gasteiger partial charge in [-0.15, -0.1) is 0 Å². The fourth-order valence-corrected chi connectivity index (χ4v) is 3.93. The zero-order valence-electron chi connectivity index (χ0n) is 19.3. The molecule has 3 atom stereocenters. The Labute approximate surface area is 195 Å². The van der Waals surface area contributed by atoms with Gasteiger partial charge in [0.15, 0.2) is 6.10 Å². The number of ether oxygens (including phenoxy) is 2. The first-order chi connectivity index (χ1) is 15.9. The van der Waals surface area contributed by atoms with Crippen molar-refractivity contribution in [3.63, 3.8) is 0 Å². The lowest BCUT2D eigenvalue weighted by molar-refractivity contribution is -0.145. The molecule has 1 aliphatic rings. The summed E-state index contributed by atoms with van der Waals surface area (Å²) in [6.07, 6.45) is 4.57. The maximum absolute atomic E-state index is 12.7. The summed E-state index contributed by atoms with van der Waals surface area (Å²) in [5, 5.41) is 15.6. The molecule has 9 heteroatoms. The normalized spacial score (nSPS) is 16.9. The first-order valence-electron chi connectivity index (χ1n) is 11.7. The second-order valence-electron chi connectivity index (χ2n) is 8.43. The van der Waals surface area contributed by atoms with Gasteiger partial charge in [-0.3, -0.25) is 14.4 Å². The molecule has 0 saturated heterocycles. The third-order valence-electron chi connectivity index (χ3n) is 5.75. The molecule has 9 nitrogen and oxygen atoms in total. The highest BCUT2D eigenvalue weighted by atomic mass is 16.5. The number of amides is 2. The fourth-order valence-electron chi connectivity index (χ4n) is 3.93. The van der Waals surface area contributed by atoms with Crippen LogP contribution in [0.15, 0.2) is 30.3 Å². The van der Waals surface area contributed by atoms with Crippen LogP contribution in [0.4, 0.5) is 0 Å². The molecule has 2 amide bonds. The summed E-state index contributed by atoms with van der Waals surface area (Å²) in [7, 11) is 0. The molecule has 1 aromatic rings. The first-order valence-corrected chi connectivity index (χ1v) is 11.7. The number of rotatable bonds is 13. The van der Waals surface area contributed by atoms with Gasteiger partial charge in [-0.05, 0) is 24.8 Å². The zero-order valence-corrected chi connectivity index (χ0v) is 19.3. The molecule has 0 aliphatic heterocycles. The Morgan fingerprint density at radius 1 is 1.12 bits per heavy atom. The van der Waals surface area contributed by atoms with Crippen LogP contribution in [0.25, 0.3) is 0 Å². The Morgan fingerprint density at radius 3 is 2.48 bits per heavy atom. The van der Waals surface area contributed by atoms with E-state index in [0.29, 0.717) is 12.3 Å². The largest absolute Gasteiger partial charge is 0.465 e. The van der Waals surface area contributed by atoms with Crippen LogP contribution in [-0.4, -0.2) is 60.8 Å². The Kier molecular flexibility index (Phi) is 11.9. The van der Waals surface area contributed by atoms with E-state index in [1.165, 1.54) is 6.42 Å². The minimum atomic E-state index is -1.62. The van der Waals surface area contributed by atoms with E-state index in [2.05, 4.69) is 10.6 Å². The van der Waals surface area contributed by atoms with Gasteiger partial charge in [-0.1, -0.05) is 62.4 Å². The average molecular weight is 464 g/mol. The lowest BCUT2D eigenvalue weighted by atomic mass is 9.85. The van der Waals surface area contributed by atoms with Gasteiger partial charge in [-0.2, -0.15) is 0 Å². The van der Waals surface area contributed by atoms with Crippen LogP contribution in [0.1, 0.15) is 51.0 Å². The monoisotopic (exact) mass is 463 g/mol. The molecule has 1 aliphatic carbocycles. The van der Waals surface area contributed by atoms with Gasteiger partial charge in [-0.25, -0.2) is 0 Å². The van der Waals surface area contributed by atoms with Gasteiger partial charge in [0.2, 0.25) is 5.91 Å². The number of hydrogen-bond donors (Lipinski definition) is 4. The molecule has 0 heterocycles. The van der Waals surface area contributed by atoms with Crippen LogP contribution in [-0.2, 0) is 30.5 Å². The summed E-state index contributed by atoms with van der Waals surface area (Å²) in [6.45, 7) is 1.60. The predicted molar refractivity (Wildman–Crippen MR) is 123 cm³/mol. The highest BCUT2D eigenvalue weighted by molar-refractivity contribution is 5.87. The maximum atomic E-state index is 12.7. The van der Waals surface area contributed by atoms with E-state index in [-0.39, 0.29) is 26.4 Å². The van der Waals surface area contributed by atoms with Gasteiger partial charge in [0, 0.05) is 0 Å². The van der Waals surface area contributed by atoms with Gasteiger partial charge in [0.05, 0.1) is 31.9 Å². The first kappa shape index (κ1) is 26.8. The van der Waals surface area contributed by atoms with Crippen molar-refractivity contribution in [3.8, 4) is 0 Å². The van der Waals surface area contributed by atoms with Crippen molar-refractivity contribution in [1.29, 1.82) is 0 Å². The standard InChI is InChI=1S/C24H37N3O6/c1-2-33-21(28)14-26-24(31)22(29)20(16-32-15-18-11-7-4-8-12-18)27-23(30)19(25)13-17-9-5-3-6-10-17/h4,7-8,11-12,17,19-20,22,29H,2-3,5-6,9-10,13-16,25H2,1H3,(H,26,31)(H,27,30)/t19-,20-,22?/m0/s1. The number of aliphatic hydroxyl groups excluding tert-OH is 1. The fraction of sp³-hybridized carbons (Fsp3) is 0.625. The van der Waals surface area contributed by atoms with E-state index in [1.807, 2.05) is 30.3 Å². The summed E-state index contributed by atoms with van der Waals surface area (Å²) in [6, 6.07) is 7.64. The van der Waals surface area contributed by atoms with Crippen LogP contribution in [0, 0.1) is 5.92 Å². The number of carbonyl (C=O) groups is 3. The predicted octanol–water partition coefficient (Wildman–Crippen LogP) is 1.03. The summed E-state index contributed by atoms with van der Waals surface area (Å²) in [5.41, 5.74) is 7.04. The SMILES string of the molecule is CCOC(=O)CNC(=O)C(O)[C@H](COCc1ccccc1)NC(=O)[C@@H](N)CC1CCCCC1. The maximum Gasteiger partial charge on any atom is 0.325 e. The second-order valence-corrected chi connectivity index (χ2v) is 8.43. The zero-order chi connectivity index (χ0) is 24.1. The highest BCUT2D eigenvalue weighted by Crippen LogP contribution is 2.27. The smallest absolute Gasteiger partial charge is 0.325 e. The van der Waals surface area contributed by atoms with Crippen LogP contribution in [0.2, 0.25) is 0 Å². The summed E-state index contributed by atoms with van der Waals surface area (Å²) in [4.78, 5) is 36.6. The molecule has 0 aromatic heterocycles. The Hall–Kier alpha value is -2.49. The van der Waals surface area contributed by atoms with Crippen molar-refractivity contribution in [2.45, 2.75) is 70.2 Å². The van der Waals surface area contributed by atoms with Gasteiger partial charge in [0.25, 0.3) is 5.91 Å².